The minimum Gasteiger partial charge on any atom is -0.480 e. The van der Waals surface area contributed by atoms with Gasteiger partial charge in [0.05, 0.1) is 18.2 Å². The maximum Gasteiger partial charge on any atom is 0.418 e. The monoisotopic (exact) mass is 242 g/mol. The van der Waals surface area contributed by atoms with E-state index in [4.69, 9.17) is 5.73 Å². The van der Waals surface area contributed by atoms with Gasteiger partial charge in [0, 0.05) is 6.20 Å². The molecule has 0 saturated carbocycles. The van der Waals surface area contributed by atoms with Crippen molar-refractivity contribution < 1.29 is 26.7 Å². The Kier molecular flexibility index (Phi) is 3.20. The molecule has 0 bridgehead atoms. The average molecular weight is 242 g/mol. The predicted molar refractivity (Wildman–Crippen MR) is 45.2 cm³/mol. The molecule has 0 radical (unpaired) electrons. The van der Waals surface area contributed by atoms with Gasteiger partial charge < -0.3 is 10.5 Å². The number of rotatable bonds is 2. The van der Waals surface area contributed by atoms with Crippen LogP contribution in [-0.4, -0.2) is 12.1 Å². The van der Waals surface area contributed by atoms with Crippen LogP contribution in [0.2, 0.25) is 0 Å². The fourth-order valence-electron chi connectivity index (χ4n) is 1.15. The Bertz CT molecular complexity index is 391. The first-order valence-electron chi connectivity index (χ1n) is 3.96. The van der Waals surface area contributed by atoms with E-state index >= 15 is 0 Å². The van der Waals surface area contributed by atoms with Crippen molar-refractivity contribution in [2.24, 2.45) is 0 Å². The minimum absolute atomic E-state index is 0.274. The number of nitrogen functional groups attached to an aromatic ring is 1. The molecule has 3 nitrogen and oxygen atoms in total. The van der Waals surface area contributed by atoms with Crippen LogP contribution in [0.25, 0.3) is 0 Å². The molecule has 0 aliphatic carbocycles. The number of hydrogen-bond donors (Lipinski definition) is 1. The fourth-order valence-corrected chi connectivity index (χ4v) is 1.15. The third-order valence-corrected chi connectivity index (χ3v) is 1.84. The first kappa shape index (κ1) is 12.5. The molecule has 0 fully saturated rings. The zero-order valence-corrected chi connectivity index (χ0v) is 7.98. The molecule has 0 atom stereocenters. The fraction of sp³-hybridized carbons (Fsp3) is 0.375. The Morgan fingerprint density at radius 2 is 1.94 bits per heavy atom. The van der Waals surface area contributed by atoms with E-state index < -0.39 is 35.3 Å². The van der Waals surface area contributed by atoms with Crippen LogP contribution in [0.5, 0.6) is 5.88 Å². The van der Waals surface area contributed by atoms with Crippen molar-refractivity contribution >= 4 is 5.69 Å². The second kappa shape index (κ2) is 4.11. The number of nitrogens with zero attached hydrogens (tertiary/aromatic N) is 1. The van der Waals surface area contributed by atoms with Crippen molar-refractivity contribution in [1.29, 1.82) is 0 Å². The number of alkyl halides is 5. The van der Waals surface area contributed by atoms with Crippen LogP contribution in [0.15, 0.2) is 6.20 Å². The Morgan fingerprint density at radius 3 is 2.31 bits per heavy atom. The van der Waals surface area contributed by atoms with Gasteiger partial charge >= 0.3 is 6.18 Å². The molecule has 0 spiro atoms. The van der Waals surface area contributed by atoms with Crippen molar-refractivity contribution in [2.45, 2.75) is 12.6 Å². The van der Waals surface area contributed by atoms with Gasteiger partial charge in [-0.3, -0.25) is 0 Å². The van der Waals surface area contributed by atoms with Gasteiger partial charge in [-0.15, -0.1) is 0 Å². The molecule has 1 heterocycles. The number of halogens is 5. The summed E-state index contributed by atoms with van der Waals surface area (Å²) in [4.78, 5) is 3.21. The number of ether oxygens (including phenoxy) is 1. The molecule has 0 aliphatic rings. The van der Waals surface area contributed by atoms with Crippen LogP contribution in [0.1, 0.15) is 17.6 Å². The molecular formula is C8H7F5N2O. The second-order valence-corrected chi connectivity index (χ2v) is 2.81. The Morgan fingerprint density at radius 1 is 1.38 bits per heavy atom. The van der Waals surface area contributed by atoms with Crippen molar-refractivity contribution in [1.82, 2.24) is 4.98 Å². The third-order valence-electron chi connectivity index (χ3n) is 1.84. The Balaban J connectivity index is 3.47. The molecule has 8 heteroatoms. The van der Waals surface area contributed by atoms with Gasteiger partial charge in [0.25, 0.3) is 6.43 Å². The van der Waals surface area contributed by atoms with E-state index in [9.17, 15) is 22.0 Å². The van der Waals surface area contributed by atoms with Crippen LogP contribution >= 0.6 is 0 Å². The summed E-state index contributed by atoms with van der Waals surface area (Å²) in [7, 11) is 1.07. The maximum atomic E-state index is 12.5. The largest absolute Gasteiger partial charge is 0.480 e. The first-order chi connectivity index (χ1) is 7.29. The van der Waals surface area contributed by atoms with Crippen molar-refractivity contribution in [3.05, 3.63) is 17.3 Å². The topological polar surface area (TPSA) is 48.1 Å². The molecule has 0 aromatic carbocycles. The molecule has 1 aromatic rings. The van der Waals surface area contributed by atoms with Gasteiger partial charge in [0.15, 0.2) is 0 Å². The van der Waals surface area contributed by atoms with Gasteiger partial charge in [0.2, 0.25) is 5.88 Å². The summed E-state index contributed by atoms with van der Waals surface area (Å²) in [6, 6.07) is 0. The van der Waals surface area contributed by atoms with Crippen LogP contribution < -0.4 is 10.5 Å². The SMILES string of the molecule is COc1ncc(C(F)(F)F)c(C(F)F)c1N. The molecule has 0 amide bonds. The highest BCUT2D eigenvalue weighted by Crippen LogP contribution is 2.41. The van der Waals surface area contributed by atoms with E-state index in [0.29, 0.717) is 0 Å². The van der Waals surface area contributed by atoms with Crippen molar-refractivity contribution in [3.63, 3.8) is 0 Å². The lowest BCUT2D eigenvalue weighted by Crippen LogP contribution is -2.13. The summed E-state index contributed by atoms with van der Waals surface area (Å²) in [5.74, 6) is -0.455. The summed E-state index contributed by atoms with van der Waals surface area (Å²) >= 11 is 0. The molecule has 16 heavy (non-hydrogen) atoms. The highest BCUT2D eigenvalue weighted by atomic mass is 19.4. The second-order valence-electron chi connectivity index (χ2n) is 2.81. The molecule has 1 rings (SSSR count). The quantitative estimate of drug-likeness (QED) is 0.811. The van der Waals surface area contributed by atoms with E-state index in [1.54, 1.807) is 0 Å². The Labute approximate surface area is 87.0 Å². The number of aromatic nitrogens is 1. The molecule has 1 aromatic heterocycles. The van der Waals surface area contributed by atoms with E-state index in [1.165, 1.54) is 0 Å². The highest BCUT2D eigenvalue weighted by molar-refractivity contribution is 5.58. The summed E-state index contributed by atoms with van der Waals surface area (Å²) in [5, 5.41) is 0. The van der Waals surface area contributed by atoms with E-state index in [-0.39, 0.29) is 6.20 Å². The molecule has 2 N–H and O–H groups in total. The number of pyridine rings is 1. The van der Waals surface area contributed by atoms with Gasteiger partial charge in [0.1, 0.15) is 5.69 Å². The minimum atomic E-state index is -4.93. The highest BCUT2D eigenvalue weighted by Gasteiger charge is 2.38. The van der Waals surface area contributed by atoms with Crippen LogP contribution in [0.3, 0.4) is 0 Å². The van der Waals surface area contributed by atoms with E-state index in [2.05, 4.69) is 9.72 Å². The summed E-state index contributed by atoms with van der Waals surface area (Å²) in [6.45, 7) is 0. The van der Waals surface area contributed by atoms with Crippen molar-refractivity contribution in [3.8, 4) is 5.88 Å². The molecule has 90 valence electrons. The number of methoxy groups -OCH3 is 1. The van der Waals surface area contributed by atoms with Crippen LogP contribution in [0.4, 0.5) is 27.6 Å². The van der Waals surface area contributed by atoms with Gasteiger partial charge in [-0.05, 0) is 0 Å². The van der Waals surface area contributed by atoms with Gasteiger partial charge in [-0.25, -0.2) is 13.8 Å². The number of hydrogen-bond acceptors (Lipinski definition) is 3. The molecule has 0 saturated heterocycles. The zero-order chi connectivity index (χ0) is 12.5. The molecule has 0 aliphatic heterocycles. The van der Waals surface area contributed by atoms with Crippen LogP contribution in [0, 0.1) is 0 Å². The number of anilines is 1. The number of nitrogens with two attached hydrogens (primary N) is 1. The lowest BCUT2D eigenvalue weighted by atomic mass is 10.1. The van der Waals surface area contributed by atoms with E-state index in [1.807, 2.05) is 0 Å². The molecule has 0 unspecified atom stereocenters. The summed E-state index contributed by atoms with van der Waals surface area (Å²) in [6.07, 6.45) is -8.01. The first-order valence-corrected chi connectivity index (χ1v) is 3.96. The normalized spacial score (nSPS) is 11.9. The van der Waals surface area contributed by atoms with Crippen LogP contribution in [-0.2, 0) is 6.18 Å². The maximum absolute atomic E-state index is 12.5. The summed E-state index contributed by atoms with van der Waals surface area (Å²) < 4.78 is 66.5. The van der Waals surface area contributed by atoms with Gasteiger partial charge in [-0.1, -0.05) is 0 Å². The smallest absolute Gasteiger partial charge is 0.418 e. The Hall–Kier alpha value is -1.60. The average Bonchev–Trinajstić information content (AvgIpc) is 2.15. The lowest BCUT2D eigenvalue weighted by molar-refractivity contribution is -0.139. The predicted octanol–water partition coefficient (Wildman–Crippen LogP) is 2.63. The zero-order valence-electron chi connectivity index (χ0n) is 7.98. The standard InChI is InChI=1S/C8H7F5N2O/c1-16-7-5(14)4(6(9)10)3(2-15-7)8(11,12)13/h2,6H,14H2,1H3. The summed E-state index contributed by atoms with van der Waals surface area (Å²) in [5.41, 5.74) is 1.47. The molecular weight excluding hydrogens is 235 g/mol. The van der Waals surface area contributed by atoms with Crippen molar-refractivity contribution in [2.75, 3.05) is 12.8 Å². The van der Waals surface area contributed by atoms with E-state index in [0.717, 1.165) is 7.11 Å². The third kappa shape index (κ3) is 2.15. The van der Waals surface area contributed by atoms with Gasteiger partial charge in [-0.2, -0.15) is 13.2 Å². The lowest BCUT2D eigenvalue weighted by Gasteiger charge is -2.15.